The van der Waals surface area contributed by atoms with Crippen LogP contribution in [0, 0.1) is 0 Å². The molecule has 7 heteroatoms. The molecule has 0 saturated carbocycles. The van der Waals surface area contributed by atoms with E-state index in [-0.39, 0.29) is 12.3 Å². The molecule has 2 aromatic rings. The van der Waals surface area contributed by atoms with Crippen molar-refractivity contribution in [1.82, 2.24) is 5.32 Å². The molecule has 2 amide bonds. The Hall–Kier alpha value is -2.15. The van der Waals surface area contributed by atoms with Crippen LogP contribution in [0.4, 0.5) is 19.3 Å². The van der Waals surface area contributed by atoms with E-state index in [0.717, 1.165) is 4.47 Å². The van der Waals surface area contributed by atoms with Crippen LogP contribution >= 0.6 is 15.9 Å². The molecule has 0 atom stereocenters. The first-order chi connectivity index (χ1) is 10.6. The highest BCUT2D eigenvalue weighted by molar-refractivity contribution is 9.10. The molecule has 2 aromatic carbocycles. The van der Waals surface area contributed by atoms with Crippen LogP contribution in [0.5, 0.6) is 5.75 Å². The first-order valence-corrected chi connectivity index (χ1v) is 7.17. The van der Waals surface area contributed by atoms with Crippen molar-refractivity contribution in [3.63, 3.8) is 0 Å². The molecule has 0 aliphatic rings. The number of para-hydroxylation sites is 2. The van der Waals surface area contributed by atoms with E-state index < -0.39 is 12.6 Å². The van der Waals surface area contributed by atoms with Gasteiger partial charge in [-0.05, 0) is 34.1 Å². The minimum Gasteiger partial charge on any atom is -0.434 e. The van der Waals surface area contributed by atoms with E-state index in [9.17, 15) is 13.6 Å². The van der Waals surface area contributed by atoms with Gasteiger partial charge in [0.05, 0.1) is 5.69 Å². The van der Waals surface area contributed by atoms with Crippen LogP contribution in [0.3, 0.4) is 0 Å². The molecule has 0 heterocycles. The monoisotopic (exact) mass is 370 g/mol. The number of carbonyl (C=O) groups excluding carboxylic acids is 1. The molecule has 22 heavy (non-hydrogen) atoms. The molecule has 0 fully saturated rings. The number of benzene rings is 2. The van der Waals surface area contributed by atoms with E-state index in [2.05, 4.69) is 31.3 Å². The van der Waals surface area contributed by atoms with Gasteiger partial charge in [-0.15, -0.1) is 0 Å². The lowest BCUT2D eigenvalue weighted by atomic mass is 10.2. The number of halogens is 3. The maximum absolute atomic E-state index is 12.3. The Morgan fingerprint density at radius 1 is 1.14 bits per heavy atom. The van der Waals surface area contributed by atoms with E-state index in [4.69, 9.17) is 0 Å². The smallest absolute Gasteiger partial charge is 0.387 e. The average Bonchev–Trinajstić information content (AvgIpc) is 2.48. The Bertz CT molecular complexity index is 653. The number of hydrogen-bond acceptors (Lipinski definition) is 2. The van der Waals surface area contributed by atoms with Crippen molar-refractivity contribution >= 4 is 27.6 Å². The largest absolute Gasteiger partial charge is 0.434 e. The third-order valence-corrected chi connectivity index (χ3v) is 3.44. The highest BCUT2D eigenvalue weighted by Crippen LogP contribution is 2.22. The lowest BCUT2D eigenvalue weighted by Crippen LogP contribution is -2.28. The van der Waals surface area contributed by atoms with Crippen LogP contribution in [0.15, 0.2) is 53.0 Å². The number of nitrogens with one attached hydrogen (secondary N) is 2. The van der Waals surface area contributed by atoms with Gasteiger partial charge in [0.1, 0.15) is 5.75 Å². The molecular weight excluding hydrogens is 358 g/mol. The Morgan fingerprint density at radius 2 is 1.82 bits per heavy atom. The lowest BCUT2D eigenvalue weighted by molar-refractivity contribution is -0.0504. The molecule has 0 spiro atoms. The quantitative estimate of drug-likeness (QED) is 0.820. The molecule has 2 N–H and O–H groups in total. The standard InChI is InChI=1S/C15H13BrF2N2O2/c16-11-6-2-3-7-12(11)20-15(21)19-9-10-5-1-4-8-13(10)22-14(17)18/h1-8,14H,9H2,(H2,19,20,21). The second kappa shape index (κ2) is 7.74. The molecule has 0 radical (unpaired) electrons. The molecule has 0 aromatic heterocycles. The van der Waals surface area contributed by atoms with Crippen molar-refractivity contribution in [2.24, 2.45) is 0 Å². The Balaban J connectivity index is 1.95. The van der Waals surface area contributed by atoms with E-state index in [1.807, 2.05) is 6.07 Å². The van der Waals surface area contributed by atoms with Crippen LogP contribution < -0.4 is 15.4 Å². The van der Waals surface area contributed by atoms with Gasteiger partial charge in [-0.1, -0.05) is 30.3 Å². The van der Waals surface area contributed by atoms with Crippen LogP contribution in [0.1, 0.15) is 5.56 Å². The molecule has 0 bridgehead atoms. The number of rotatable bonds is 5. The van der Waals surface area contributed by atoms with Gasteiger partial charge in [0.15, 0.2) is 0 Å². The van der Waals surface area contributed by atoms with Crippen molar-refractivity contribution in [2.45, 2.75) is 13.2 Å². The summed E-state index contributed by atoms with van der Waals surface area (Å²) in [5.41, 5.74) is 1.07. The van der Waals surface area contributed by atoms with Crippen molar-refractivity contribution in [3.05, 3.63) is 58.6 Å². The summed E-state index contributed by atoms with van der Waals surface area (Å²) in [6, 6.07) is 13.0. The normalized spacial score (nSPS) is 10.4. The zero-order valence-corrected chi connectivity index (χ0v) is 12.9. The second-order valence-electron chi connectivity index (χ2n) is 4.27. The highest BCUT2D eigenvalue weighted by Gasteiger charge is 2.10. The highest BCUT2D eigenvalue weighted by atomic mass is 79.9. The number of alkyl halides is 2. The van der Waals surface area contributed by atoms with Crippen LogP contribution in [-0.4, -0.2) is 12.6 Å². The van der Waals surface area contributed by atoms with Crippen molar-refractivity contribution in [3.8, 4) is 5.75 Å². The van der Waals surface area contributed by atoms with Crippen LogP contribution in [-0.2, 0) is 6.54 Å². The van der Waals surface area contributed by atoms with Gasteiger partial charge in [-0.3, -0.25) is 0 Å². The SMILES string of the molecule is O=C(NCc1ccccc1OC(F)F)Nc1ccccc1Br. The van der Waals surface area contributed by atoms with E-state index in [1.165, 1.54) is 6.07 Å². The van der Waals surface area contributed by atoms with E-state index in [1.54, 1.807) is 36.4 Å². The summed E-state index contributed by atoms with van der Waals surface area (Å²) in [6.07, 6.45) is 0. The number of hydrogen-bond donors (Lipinski definition) is 2. The van der Waals surface area contributed by atoms with Gasteiger partial charge >= 0.3 is 12.6 Å². The number of ether oxygens (including phenoxy) is 1. The topological polar surface area (TPSA) is 50.4 Å². The first-order valence-electron chi connectivity index (χ1n) is 6.38. The van der Waals surface area contributed by atoms with E-state index in [0.29, 0.717) is 11.3 Å². The number of urea groups is 1. The van der Waals surface area contributed by atoms with Crippen LogP contribution in [0.2, 0.25) is 0 Å². The minimum atomic E-state index is -2.91. The molecular formula is C15H13BrF2N2O2. The second-order valence-corrected chi connectivity index (χ2v) is 5.13. The maximum atomic E-state index is 12.3. The average molecular weight is 371 g/mol. The predicted molar refractivity (Wildman–Crippen MR) is 83.1 cm³/mol. The van der Waals surface area contributed by atoms with Gasteiger partial charge < -0.3 is 15.4 Å². The first kappa shape index (κ1) is 16.2. The molecule has 116 valence electrons. The fourth-order valence-electron chi connectivity index (χ4n) is 1.77. The Morgan fingerprint density at radius 3 is 2.55 bits per heavy atom. The van der Waals surface area contributed by atoms with Crippen molar-refractivity contribution in [2.75, 3.05) is 5.32 Å². The summed E-state index contributed by atoms with van der Waals surface area (Å²) in [6.45, 7) is -2.84. The summed E-state index contributed by atoms with van der Waals surface area (Å²) in [5, 5.41) is 5.25. The van der Waals surface area contributed by atoms with Crippen molar-refractivity contribution < 1.29 is 18.3 Å². The molecule has 4 nitrogen and oxygen atoms in total. The van der Waals surface area contributed by atoms with E-state index >= 15 is 0 Å². The summed E-state index contributed by atoms with van der Waals surface area (Å²) in [7, 11) is 0. The number of amides is 2. The Kier molecular flexibility index (Phi) is 5.71. The summed E-state index contributed by atoms with van der Waals surface area (Å²) in [5.74, 6) is 0.0405. The number of anilines is 1. The van der Waals surface area contributed by atoms with Gasteiger partial charge in [0.25, 0.3) is 0 Å². The summed E-state index contributed by atoms with van der Waals surface area (Å²) in [4.78, 5) is 11.8. The zero-order chi connectivity index (χ0) is 15.9. The van der Waals surface area contributed by atoms with Crippen molar-refractivity contribution in [1.29, 1.82) is 0 Å². The Labute approximate surface area is 134 Å². The lowest BCUT2D eigenvalue weighted by Gasteiger charge is -2.12. The maximum Gasteiger partial charge on any atom is 0.387 e. The molecule has 0 unspecified atom stereocenters. The van der Waals surface area contributed by atoms with Crippen LogP contribution in [0.25, 0.3) is 0 Å². The third-order valence-electron chi connectivity index (χ3n) is 2.75. The molecule has 0 aliphatic carbocycles. The number of carbonyl (C=O) groups is 1. The predicted octanol–water partition coefficient (Wildman–Crippen LogP) is 4.37. The van der Waals surface area contributed by atoms with Gasteiger partial charge in [0, 0.05) is 16.6 Å². The fraction of sp³-hybridized carbons (Fsp3) is 0.133. The molecule has 2 rings (SSSR count). The van der Waals surface area contributed by atoms with Gasteiger partial charge in [-0.25, -0.2) is 4.79 Å². The zero-order valence-electron chi connectivity index (χ0n) is 11.4. The van der Waals surface area contributed by atoms with Gasteiger partial charge in [0.2, 0.25) is 0 Å². The third kappa shape index (κ3) is 4.70. The summed E-state index contributed by atoms with van der Waals surface area (Å²) >= 11 is 3.31. The molecule has 0 saturated heterocycles. The molecule has 0 aliphatic heterocycles. The fourth-order valence-corrected chi connectivity index (χ4v) is 2.15. The van der Waals surface area contributed by atoms with Gasteiger partial charge in [-0.2, -0.15) is 8.78 Å². The summed E-state index contributed by atoms with van der Waals surface area (Å²) < 4.78 is 29.8. The minimum absolute atomic E-state index is 0.0405.